The van der Waals surface area contributed by atoms with Gasteiger partial charge >= 0.3 is 0 Å². The molecule has 0 unspecified atom stereocenters. The van der Waals surface area contributed by atoms with Crippen LogP contribution in [0.4, 0.5) is 11.5 Å². The summed E-state index contributed by atoms with van der Waals surface area (Å²) >= 11 is 0. The lowest BCUT2D eigenvalue weighted by Gasteiger charge is -2.40. The Hall–Kier alpha value is -1.25. The molecule has 0 spiro atoms. The smallest absolute Gasteiger partial charge is 0.127 e. The zero-order valence-electron chi connectivity index (χ0n) is 12.6. The highest BCUT2D eigenvalue weighted by atomic mass is 15.1. The summed E-state index contributed by atoms with van der Waals surface area (Å²) in [5, 5.41) is 3.36. The molecule has 0 aromatic carbocycles. The van der Waals surface area contributed by atoms with Crippen LogP contribution in [0.5, 0.6) is 0 Å². The molecule has 1 aromatic heterocycles. The van der Waals surface area contributed by atoms with E-state index < -0.39 is 0 Å². The molecule has 3 nitrogen and oxygen atoms in total. The Labute approximate surface area is 117 Å². The van der Waals surface area contributed by atoms with E-state index >= 15 is 0 Å². The van der Waals surface area contributed by atoms with Crippen LogP contribution in [0, 0.1) is 5.41 Å². The second kappa shape index (κ2) is 6.27. The number of pyridine rings is 1. The summed E-state index contributed by atoms with van der Waals surface area (Å²) in [6.07, 6.45) is 6.93. The van der Waals surface area contributed by atoms with Crippen molar-refractivity contribution >= 4 is 11.5 Å². The summed E-state index contributed by atoms with van der Waals surface area (Å²) in [7, 11) is 0. The molecule has 1 aliphatic rings. The van der Waals surface area contributed by atoms with Gasteiger partial charge in [0.25, 0.3) is 0 Å². The fraction of sp³-hybridized carbons (Fsp3) is 0.688. The van der Waals surface area contributed by atoms with E-state index in [4.69, 9.17) is 0 Å². The van der Waals surface area contributed by atoms with Crippen LogP contribution in [0.2, 0.25) is 0 Å². The summed E-state index contributed by atoms with van der Waals surface area (Å²) < 4.78 is 0. The van der Waals surface area contributed by atoms with Crippen LogP contribution in [0.3, 0.4) is 0 Å². The largest absolute Gasteiger partial charge is 0.371 e. The molecule has 2 rings (SSSR count). The normalized spacial score (nSPS) is 18.4. The minimum atomic E-state index is 0.548. The number of nitrogens with zero attached hydrogens (tertiary/aromatic N) is 2. The third-order valence-electron chi connectivity index (χ3n) is 4.49. The van der Waals surface area contributed by atoms with Crippen molar-refractivity contribution in [2.45, 2.75) is 46.5 Å². The molecule has 3 heteroatoms. The number of anilines is 2. The average molecular weight is 261 g/mol. The second-order valence-corrected chi connectivity index (χ2v) is 5.98. The first-order valence-corrected chi connectivity index (χ1v) is 7.62. The number of hydrogen-bond donors (Lipinski definition) is 1. The SMILES string of the molecule is CCCNc1cc(N2CCC(C)(CC)CC2)ccn1. The molecule has 1 saturated heterocycles. The molecule has 0 radical (unpaired) electrons. The Morgan fingerprint density at radius 3 is 2.68 bits per heavy atom. The van der Waals surface area contributed by atoms with Gasteiger partial charge in [-0.05, 0) is 30.7 Å². The quantitative estimate of drug-likeness (QED) is 0.870. The number of aromatic nitrogens is 1. The maximum absolute atomic E-state index is 4.38. The lowest BCUT2D eigenvalue weighted by atomic mass is 9.78. The summed E-state index contributed by atoms with van der Waals surface area (Å²) in [5.74, 6) is 1.00. The van der Waals surface area contributed by atoms with Crippen LogP contribution in [0.1, 0.15) is 46.5 Å². The van der Waals surface area contributed by atoms with Gasteiger partial charge in [-0.1, -0.05) is 27.2 Å². The molecule has 19 heavy (non-hydrogen) atoms. The first-order valence-electron chi connectivity index (χ1n) is 7.62. The molecule has 0 bridgehead atoms. The van der Waals surface area contributed by atoms with Crippen molar-refractivity contribution in [3.05, 3.63) is 18.3 Å². The van der Waals surface area contributed by atoms with Gasteiger partial charge in [0.2, 0.25) is 0 Å². The van der Waals surface area contributed by atoms with Gasteiger partial charge < -0.3 is 10.2 Å². The maximum Gasteiger partial charge on any atom is 0.127 e. The fourth-order valence-electron chi connectivity index (χ4n) is 2.62. The Balaban J connectivity index is 1.99. The molecule has 1 aliphatic heterocycles. The zero-order valence-corrected chi connectivity index (χ0v) is 12.6. The van der Waals surface area contributed by atoms with E-state index in [0.29, 0.717) is 5.41 Å². The third-order valence-corrected chi connectivity index (χ3v) is 4.49. The van der Waals surface area contributed by atoms with Gasteiger partial charge in [-0.15, -0.1) is 0 Å². The van der Waals surface area contributed by atoms with Crippen molar-refractivity contribution in [1.29, 1.82) is 0 Å². The Morgan fingerprint density at radius 1 is 1.32 bits per heavy atom. The van der Waals surface area contributed by atoms with Gasteiger partial charge in [-0.25, -0.2) is 4.98 Å². The lowest BCUT2D eigenvalue weighted by molar-refractivity contribution is 0.238. The minimum absolute atomic E-state index is 0.548. The van der Waals surface area contributed by atoms with Crippen molar-refractivity contribution in [2.75, 3.05) is 29.9 Å². The highest BCUT2D eigenvalue weighted by Gasteiger charge is 2.28. The van der Waals surface area contributed by atoms with Gasteiger partial charge in [0, 0.05) is 37.6 Å². The minimum Gasteiger partial charge on any atom is -0.371 e. The zero-order chi connectivity index (χ0) is 13.7. The van der Waals surface area contributed by atoms with E-state index in [9.17, 15) is 0 Å². The van der Waals surface area contributed by atoms with Crippen LogP contribution >= 0.6 is 0 Å². The second-order valence-electron chi connectivity index (χ2n) is 5.98. The van der Waals surface area contributed by atoms with Crippen LogP contribution in [-0.4, -0.2) is 24.6 Å². The van der Waals surface area contributed by atoms with Gasteiger partial charge in [0.05, 0.1) is 0 Å². The average Bonchev–Trinajstić information content (AvgIpc) is 2.46. The van der Waals surface area contributed by atoms with Gasteiger partial charge in [-0.2, -0.15) is 0 Å². The van der Waals surface area contributed by atoms with E-state index in [-0.39, 0.29) is 0 Å². The summed E-state index contributed by atoms with van der Waals surface area (Å²) in [5.41, 5.74) is 1.86. The van der Waals surface area contributed by atoms with Crippen LogP contribution < -0.4 is 10.2 Å². The van der Waals surface area contributed by atoms with Gasteiger partial charge in [0.15, 0.2) is 0 Å². The molecule has 1 N–H and O–H groups in total. The molecule has 0 aliphatic carbocycles. The van der Waals surface area contributed by atoms with E-state index in [0.717, 1.165) is 18.8 Å². The first-order chi connectivity index (χ1) is 9.17. The van der Waals surface area contributed by atoms with Crippen molar-refractivity contribution in [3.63, 3.8) is 0 Å². The standard InChI is InChI=1S/C16H27N3/c1-4-9-17-15-13-14(6-10-18-15)19-11-7-16(3,5-2)8-12-19/h6,10,13H,4-5,7-9,11-12H2,1-3H3,(H,17,18). The van der Waals surface area contributed by atoms with E-state index in [2.05, 4.69) is 48.1 Å². The number of piperidine rings is 1. The van der Waals surface area contributed by atoms with Gasteiger partial charge in [-0.3, -0.25) is 0 Å². The molecule has 2 heterocycles. The van der Waals surface area contributed by atoms with Crippen LogP contribution in [0.25, 0.3) is 0 Å². The van der Waals surface area contributed by atoms with Crippen LogP contribution in [0.15, 0.2) is 18.3 Å². The fourth-order valence-corrected chi connectivity index (χ4v) is 2.62. The maximum atomic E-state index is 4.38. The van der Waals surface area contributed by atoms with Crippen molar-refractivity contribution in [2.24, 2.45) is 5.41 Å². The Morgan fingerprint density at radius 2 is 2.05 bits per heavy atom. The summed E-state index contributed by atoms with van der Waals surface area (Å²) in [6.45, 7) is 10.2. The lowest BCUT2D eigenvalue weighted by Crippen LogP contribution is -2.38. The van der Waals surface area contributed by atoms with Crippen molar-refractivity contribution in [1.82, 2.24) is 4.98 Å². The molecule has 0 amide bonds. The Bertz CT molecular complexity index is 395. The van der Waals surface area contributed by atoms with E-state index in [1.165, 1.54) is 38.0 Å². The van der Waals surface area contributed by atoms with Gasteiger partial charge in [0.1, 0.15) is 5.82 Å². The van der Waals surface area contributed by atoms with E-state index in [1.807, 2.05) is 6.20 Å². The number of rotatable bonds is 5. The van der Waals surface area contributed by atoms with Crippen LogP contribution in [-0.2, 0) is 0 Å². The third kappa shape index (κ3) is 3.62. The molecule has 1 fully saturated rings. The van der Waals surface area contributed by atoms with E-state index in [1.54, 1.807) is 0 Å². The molecule has 0 atom stereocenters. The number of hydrogen-bond acceptors (Lipinski definition) is 3. The highest BCUT2D eigenvalue weighted by Crippen LogP contribution is 2.35. The Kier molecular flexibility index (Phi) is 4.67. The molecule has 0 saturated carbocycles. The number of nitrogens with one attached hydrogen (secondary N) is 1. The topological polar surface area (TPSA) is 28.2 Å². The highest BCUT2D eigenvalue weighted by molar-refractivity contribution is 5.54. The molecule has 1 aromatic rings. The summed E-state index contributed by atoms with van der Waals surface area (Å²) in [6, 6.07) is 4.32. The first kappa shape index (κ1) is 14.2. The predicted molar refractivity (Wildman–Crippen MR) is 82.9 cm³/mol. The molecule has 106 valence electrons. The predicted octanol–water partition coefficient (Wildman–Crippen LogP) is 3.92. The molecular weight excluding hydrogens is 234 g/mol. The molecular formula is C16H27N3. The van der Waals surface area contributed by atoms with Crippen molar-refractivity contribution < 1.29 is 0 Å². The monoisotopic (exact) mass is 261 g/mol. The van der Waals surface area contributed by atoms with Crippen molar-refractivity contribution in [3.8, 4) is 0 Å². The summed E-state index contributed by atoms with van der Waals surface area (Å²) in [4.78, 5) is 6.87.